The van der Waals surface area contributed by atoms with Gasteiger partial charge in [-0.2, -0.15) is 0 Å². The fourth-order valence-corrected chi connectivity index (χ4v) is 4.04. The summed E-state index contributed by atoms with van der Waals surface area (Å²) in [6, 6.07) is 2.39. The van der Waals surface area contributed by atoms with Crippen molar-refractivity contribution >= 4 is 32.7 Å². The Morgan fingerprint density at radius 2 is 1.45 bits per heavy atom. The Morgan fingerprint density at radius 1 is 0.879 bits per heavy atom. The molecule has 0 aliphatic carbocycles. The molecule has 0 spiro atoms. The summed E-state index contributed by atoms with van der Waals surface area (Å²) in [7, 11) is 2.53. The summed E-state index contributed by atoms with van der Waals surface area (Å²) in [4.78, 5) is 25.6. The average molecular weight is 462 g/mol. The van der Waals surface area contributed by atoms with Gasteiger partial charge in [0, 0.05) is 10.8 Å². The quantitative estimate of drug-likeness (QED) is 0.237. The van der Waals surface area contributed by atoms with E-state index in [2.05, 4.69) is 0 Å². The number of hydrogen-bond donors (Lipinski definition) is 4. The first-order chi connectivity index (χ1) is 15.8. The molecule has 0 bridgehead atoms. The minimum absolute atomic E-state index is 0.0524. The van der Waals surface area contributed by atoms with Gasteiger partial charge in [0.15, 0.2) is 22.7 Å². The summed E-state index contributed by atoms with van der Waals surface area (Å²) in [6.45, 7) is -0.319. The third kappa shape index (κ3) is 2.99. The van der Waals surface area contributed by atoms with Gasteiger partial charge in [0.25, 0.3) is 0 Å². The van der Waals surface area contributed by atoms with E-state index in [1.165, 1.54) is 20.3 Å². The monoisotopic (exact) mass is 462 g/mol. The van der Waals surface area contributed by atoms with Gasteiger partial charge in [-0.15, -0.1) is 0 Å². The zero-order valence-corrected chi connectivity index (χ0v) is 17.2. The predicted octanol–water partition coefficient (Wildman–Crippen LogP) is 0.0310. The highest BCUT2D eigenvalue weighted by Crippen LogP contribution is 2.46. The fraction of sp³-hybridized carbons (Fsp3) is 0.333. The maximum Gasteiger partial charge on any atom is 0.344 e. The first-order valence-electron chi connectivity index (χ1n) is 9.72. The molecular weight excluding hydrogens is 444 g/mol. The van der Waals surface area contributed by atoms with Gasteiger partial charge in [0.2, 0.25) is 17.8 Å². The smallest absolute Gasteiger partial charge is 0.344 e. The van der Waals surface area contributed by atoms with Crippen LogP contribution in [0, 0.1) is 0 Å². The van der Waals surface area contributed by atoms with Crippen molar-refractivity contribution in [3.05, 3.63) is 33.0 Å². The van der Waals surface area contributed by atoms with Crippen LogP contribution in [-0.4, -0.2) is 65.9 Å². The number of phenolic OH excluding ortho intramolecular Hbond substituents is 1. The van der Waals surface area contributed by atoms with Gasteiger partial charge >= 0.3 is 11.3 Å². The van der Waals surface area contributed by atoms with Gasteiger partial charge in [-0.05, 0) is 12.1 Å². The van der Waals surface area contributed by atoms with Crippen molar-refractivity contribution in [2.24, 2.45) is 0 Å². The maximum atomic E-state index is 12.9. The van der Waals surface area contributed by atoms with Gasteiger partial charge in [-0.3, -0.25) is 0 Å². The summed E-state index contributed by atoms with van der Waals surface area (Å²) < 4.78 is 32.2. The molecule has 0 amide bonds. The molecule has 33 heavy (non-hydrogen) atoms. The highest BCUT2D eigenvalue weighted by atomic mass is 16.7. The largest absolute Gasteiger partial charge is 0.504 e. The fourth-order valence-electron chi connectivity index (χ4n) is 4.04. The Hall–Kier alpha value is -3.58. The number of benzene rings is 2. The number of phenols is 1. The van der Waals surface area contributed by atoms with E-state index < -0.39 is 41.6 Å². The SMILES string of the molecule is COc1c(O)cc2c(=O)oc3c(OC)c(O[C@H]4OC[C@H](O)[C@@H](O)[C@@H]4O)cc4c(=O)oc1c2c34. The van der Waals surface area contributed by atoms with E-state index in [4.69, 9.17) is 27.8 Å². The normalized spacial score (nSPS) is 23.4. The van der Waals surface area contributed by atoms with Crippen LogP contribution >= 0.6 is 0 Å². The standard InChI is InChI=1S/C21H18O12/c1-28-15-8(22)3-6-11-12-7(20(27)32-17(11)15)4-10(16(29-2)18(12)33-19(6)26)31-21-14(25)13(24)9(23)5-30-21/h3-4,9,13-14,21-25H,5H2,1-2H3/t9-,13+,14-,21+/m0/s1. The van der Waals surface area contributed by atoms with Crippen LogP contribution in [0.5, 0.6) is 23.0 Å². The Bertz CT molecular complexity index is 1480. The molecule has 5 rings (SSSR count). The van der Waals surface area contributed by atoms with Crippen molar-refractivity contribution in [2.45, 2.75) is 24.6 Å². The van der Waals surface area contributed by atoms with Gasteiger partial charge < -0.3 is 48.2 Å². The second-order valence-electron chi connectivity index (χ2n) is 7.49. The van der Waals surface area contributed by atoms with E-state index in [9.17, 15) is 30.0 Å². The van der Waals surface area contributed by atoms with E-state index >= 15 is 0 Å². The van der Waals surface area contributed by atoms with E-state index in [0.717, 1.165) is 6.07 Å². The molecule has 1 fully saturated rings. The molecule has 4 N–H and O–H groups in total. The van der Waals surface area contributed by atoms with Gasteiger partial charge in [0.05, 0.1) is 31.6 Å². The lowest BCUT2D eigenvalue weighted by Crippen LogP contribution is -2.54. The molecule has 4 aromatic rings. The summed E-state index contributed by atoms with van der Waals surface area (Å²) in [6.07, 6.45) is -5.91. The number of aromatic hydroxyl groups is 1. The molecule has 3 heterocycles. The van der Waals surface area contributed by atoms with Crippen LogP contribution in [0.1, 0.15) is 0 Å². The number of hydrogen-bond acceptors (Lipinski definition) is 12. The zero-order chi connectivity index (χ0) is 23.6. The van der Waals surface area contributed by atoms with E-state index in [1.54, 1.807) is 0 Å². The lowest BCUT2D eigenvalue weighted by Gasteiger charge is -2.35. The minimum atomic E-state index is -1.63. The highest BCUT2D eigenvalue weighted by Gasteiger charge is 2.40. The number of methoxy groups -OCH3 is 2. The van der Waals surface area contributed by atoms with Crippen LogP contribution in [0.4, 0.5) is 0 Å². The van der Waals surface area contributed by atoms with E-state index in [1.807, 2.05) is 0 Å². The minimum Gasteiger partial charge on any atom is -0.504 e. The zero-order valence-electron chi connectivity index (χ0n) is 17.2. The topological polar surface area (TPSA) is 178 Å². The van der Waals surface area contributed by atoms with Crippen molar-refractivity contribution in [3.63, 3.8) is 0 Å². The third-order valence-electron chi connectivity index (χ3n) is 5.60. The Balaban J connectivity index is 1.81. The molecule has 0 unspecified atom stereocenters. The molecule has 2 aromatic carbocycles. The van der Waals surface area contributed by atoms with Gasteiger partial charge in [0.1, 0.15) is 18.3 Å². The van der Waals surface area contributed by atoms with Crippen LogP contribution in [0.2, 0.25) is 0 Å². The number of rotatable bonds is 4. The predicted molar refractivity (Wildman–Crippen MR) is 110 cm³/mol. The van der Waals surface area contributed by atoms with E-state index in [0.29, 0.717) is 0 Å². The first kappa shape index (κ1) is 21.3. The summed E-state index contributed by atoms with van der Waals surface area (Å²) in [5, 5.41) is 40.2. The number of aliphatic hydroxyl groups is 3. The van der Waals surface area contributed by atoms with Crippen molar-refractivity contribution in [2.75, 3.05) is 20.8 Å². The third-order valence-corrected chi connectivity index (χ3v) is 5.60. The summed E-state index contributed by atoms with van der Waals surface area (Å²) in [5.74, 6) is -0.809. The second kappa shape index (κ2) is 7.49. The first-order valence-corrected chi connectivity index (χ1v) is 9.72. The van der Waals surface area contributed by atoms with Crippen molar-refractivity contribution in [1.29, 1.82) is 0 Å². The Labute approximate surface area is 183 Å². The lowest BCUT2D eigenvalue weighted by molar-refractivity contribution is -0.242. The molecule has 174 valence electrons. The molecular formula is C21H18O12. The van der Waals surface area contributed by atoms with Crippen molar-refractivity contribution in [3.8, 4) is 23.0 Å². The molecule has 2 aromatic heterocycles. The summed E-state index contributed by atoms with van der Waals surface area (Å²) >= 11 is 0. The molecule has 0 radical (unpaired) electrons. The maximum absolute atomic E-state index is 12.9. The molecule has 0 saturated carbocycles. The number of ether oxygens (including phenoxy) is 4. The van der Waals surface area contributed by atoms with Crippen LogP contribution in [-0.2, 0) is 4.74 Å². The van der Waals surface area contributed by atoms with Crippen LogP contribution in [0.3, 0.4) is 0 Å². The van der Waals surface area contributed by atoms with Crippen LogP contribution < -0.4 is 25.5 Å². The number of aliphatic hydroxyl groups excluding tert-OH is 3. The van der Waals surface area contributed by atoms with Gasteiger partial charge in [-0.25, -0.2) is 9.59 Å². The average Bonchev–Trinajstić information content (AvgIpc) is 2.78. The molecule has 4 atom stereocenters. The van der Waals surface area contributed by atoms with Crippen molar-refractivity contribution in [1.82, 2.24) is 0 Å². The summed E-state index contributed by atoms with van der Waals surface area (Å²) in [5.41, 5.74) is -2.02. The Morgan fingerprint density at radius 3 is 2.06 bits per heavy atom. The van der Waals surface area contributed by atoms with E-state index in [-0.39, 0.29) is 56.6 Å². The van der Waals surface area contributed by atoms with Crippen molar-refractivity contribution < 1.29 is 48.2 Å². The van der Waals surface area contributed by atoms with Crippen LogP contribution in [0.25, 0.3) is 32.7 Å². The van der Waals surface area contributed by atoms with Gasteiger partial charge in [-0.1, -0.05) is 0 Å². The molecule has 12 heteroatoms. The molecule has 1 aliphatic heterocycles. The molecule has 12 nitrogen and oxygen atoms in total. The highest BCUT2D eigenvalue weighted by molar-refractivity contribution is 6.22. The molecule has 1 saturated heterocycles. The Kier molecular flexibility index (Phi) is 4.83. The molecule has 1 aliphatic rings. The lowest BCUT2D eigenvalue weighted by atomic mass is 10.0. The second-order valence-corrected chi connectivity index (χ2v) is 7.49. The van der Waals surface area contributed by atoms with Crippen LogP contribution in [0.15, 0.2) is 30.6 Å².